The van der Waals surface area contributed by atoms with Gasteiger partial charge in [0.25, 0.3) is 5.91 Å². The van der Waals surface area contributed by atoms with E-state index in [0.717, 1.165) is 45.3 Å². The summed E-state index contributed by atoms with van der Waals surface area (Å²) in [5.74, 6) is -1.35. The molecule has 4 amide bonds. The van der Waals surface area contributed by atoms with Crippen molar-refractivity contribution < 1.29 is 23.9 Å². The molecule has 0 radical (unpaired) electrons. The van der Waals surface area contributed by atoms with Crippen LogP contribution in [0.15, 0.2) is 30.6 Å². The van der Waals surface area contributed by atoms with Crippen LogP contribution in [0.1, 0.15) is 83.5 Å². The summed E-state index contributed by atoms with van der Waals surface area (Å²) in [4.78, 5) is 66.8. The van der Waals surface area contributed by atoms with Gasteiger partial charge in [-0.3, -0.25) is 44.2 Å². The summed E-state index contributed by atoms with van der Waals surface area (Å²) in [5.41, 5.74) is 0.854. The highest BCUT2D eigenvalue weighted by Gasteiger charge is 2.52. The molecule has 14 nitrogen and oxygen atoms in total. The number of nitrogens with zero attached hydrogens (tertiary/aromatic N) is 7. The van der Waals surface area contributed by atoms with E-state index in [1.165, 1.54) is 11.1 Å². The van der Waals surface area contributed by atoms with Crippen LogP contribution in [-0.2, 0) is 23.9 Å². The third kappa shape index (κ3) is 8.37. The number of ether oxygens (including phenoxy) is 1. The molecule has 16 heteroatoms. The van der Waals surface area contributed by atoms with E-state index in [9.17, 15) is 24.4 Å². The highest BCUT2D eigenvalue weighted by Crippen LogP contribution is 2.39. The van der Waals surface area contributed by atoms with Crippen LogP contribution < -0.4 is 15.5 Å². The first kappa shape index (κ1) is 38.6. The smallest absolute Gasteiger partial charge is 0.258 e. The number of nitriles is 1. The number of rotatable bonds is 10. The minimum absolute atomic E-state index is 0.0912. The molecule has 2 aromatic heterocycles. The second kappa shape index (κ2) is 16.1. The van der Waals surface area contributed by atoms with Crippen LogP contribution in [0.25, 0.3) is 0 Å². The topological polar surface area (TPSA) is 164 Å². The summed E-state index contributed by atoms with van der Waals surface area (Å²) < 4.78 is 6.37. The fourth-order valence-corrected chi connectivity index (χ4v) is 8.86. The Labute approximate surface area is 320 Å². The van der Waals surface area contributed by atoms with E-state index in [2.05, 4.69) is 44.2 Å². The number of anilines is 2. The molecule has 282 valence electrons. The molecule has 5 heterocycles. The standard InChI is InChI=1S/C37H46ClN9O5S/c1-22-19-44(20-23(2)45(22)21-33(49)42-24-5-11-30(40-17-24)28-10-12-32(48)43-34(28)50)13-14-52-27-8-6-25(7-9-27)47-36(53)46(35(51)37(47,3)4)26-15-29(38)31(16-39)41-18-26/h5,11,15,17-18,22-23,25,27-28H,6-10,12-14,19-21H2,1-4H3,(H,42,49)(H,43,48,50)/t22-,23+,25-,27-,28?. The van der Waals surface area contributed by atoms with E-state index in [0.29, 0.717) is 35.2 Å². The average Bonchev–Trinajstić information content (AvgIpc) is 3.29. The second-order valence-electron chi connectivity index (χ2n) is 14.9. The van der Waals surface area contributed by atoms with Gasteiger partial charge in [-0.2, -0.15) is 5.26 Å². The number of carbonyl (C=O) groups is 4. The Kier molecular flexibility index (Phi) is 11.8. The molecule has 3 saturated heterocycles. The van der Waals surface area contributed by atoms with Gasteiger partial charge in [-0.05, 0) is 90.2 Å². The quantitative estimate of drug-likeness (QED) is 0.268. The molecule has 4 fully saturated rings. The molecule has 2 N–H and O–H groups in total. The molecule has 0 aromatic carbocycles. The number of hydrogen-bond acceptors (Lipinski definition) is 11. The van der Waals surface area contributed by atoms with E-state index in [1.54, 1.807) is 24.4 Å². The molecular formula is C37H46ClN9O5S. The van der Waals surface area contributed by atoms with E-state index in [-0.39, 0.29) is 71.5 Å². The molecule has 1 saturated carbocycles. The van der Waals surface area contributed by atoms with Crippen molar-refractivity contribution in [2.75, 3.05) is 43.0 Å². The summed E-state index contributed by atoms with van der Waals surface area (Å²) >= 11 is 12.1. The number of piperidine rings is 1. The van der Waals surface area contributed by atoms with E-state index in [4.69, 9.17) is 28.6 Å². The van der Waals surface area contributed by atoms with Gasteiger partial charge >= 0.3 is 0 Å². The van der Waals surface area contributed by atoms with Gasteiger partial charge in [-0.1, -0.05) is 11.6 Å². The van der Waals surface area contributed by atoms with Gasteiger partial charge < -0.3 is 15.0 Å². The van der Waals surface area contributed by atoms with E-state index in [1.807, 2.05) is 24.8 Å². The minimum Gasteiger partial charge on any atom is -0.377 e. The van der Waals surface area contributed by atoms with Gasteiger partial charge in [-0.25, -0.2) is 4.98 Å². The van der Waals surface area contributed by atoms with Crippen LogP contribution in [0.4, 0.5) is 11.4 Å². The lowest BCUT2D eigenvalue weighted by Crippen LogP contribution is -2.58. The molecule has 1 unspecified atom stereocenters. The number of halogens is 1. The lowest BCUT2D eigenvalue weighted by molar-refractivity contribution is -0.134. The SMILES string of the molecule is C[C@@H]1CN(CCO[C@H]2CC[C@H](N3C(=S)N(c4cnc(C#N)c(Cl)c4)C(=O)C3(C)C)CC2)C[C@H](C)N1CC(=O)Nc1ccc(C2CCC(=O)NC2=O)nc1. The molecule has 2 aromatic rings. The van der Waals surface area contributed by atoms with Crippen molar-refractivity contribution in [1.82, 2.24) is 30.0 Å². The fourth-order valence-electron chi connectivity index (χ4n) is 8.09. The Morgan fingerprint density at radius 3 is 2.43 bits per heavy atom. The number of pyridine rings is 2. The molecule has 6 rings (SSSR count). The molecule has 3 aliphatic heterocycles. The Balaban J connectivity index is 0.926. The number of nitrogens with one attached hydrogen (secondary N) is 2. The van der Waals surface area contributed by atoms with E-state index < -0.39 is 11.5 Å². The van der Waals surface area contributed by atoms with Crippen molar-refractivity contribution in [3.63, 3.8) is 0 Å². The number of hydrogen-bond donors (Lipinski definition) is 2. The largest absolute Gasteiger partial charge is 0.377 e. The molecule has 0 bridgehead atoms. The van der Waals surface area contributed by atoms with Crippen molar-refractivity contribution in [3.05, 3.63) is 47.0 Å². The van der Waals surface area contributed by atoms with Crippen molar-refractivity contribution in [2.24, 2.45) is 0 Å². The first-order chi connectivity index (χ1) is 25.3. The molecule has 0 spiro atoms. The summed E-state index contributed by atoms with van der Waals surface area (Å²) in [6, 6.07) is 7.39. The minimum atomic E-state index is -0.839. The molecule has 4 aliphatic rings. The van der Waals surface area contributed by atoms with Gasteiger partial charge in [0.1, 0.15) is 11.6 Å². The Hall–Kier alpha value is -4.07. The van der Waals surface area contributed by atoms with Crippen molar-refractivity contribution in [2.45, 2.75) is 102 Å². The maximum atomic E-state index is 13.6. The summed E-state index contributed by atoms with van der Waals surface area (Å²) in [5, 5.41) is 15.1. The summed E-state index contributed by atoms with van der Waals surface area (Å²) in [6.07, 6.45) is 7.27. The second-order valence-corrected chi connectivity index (χ2v) is 15.7. The molecule has 53 heavy (non-hydrogen) atoms. The predicted molar refractivity (Wildman–Crippen MR) is 202 cm³/mol. The van der Waals surface area contributed by atoms with Crippen LogP contribution in [0.3, 0.4) is 0 Å². The number of piperazine rings is 1. The zero-order valence-corrected chi connectivity index (χ0v) is 32.1. The Bertz CT molecular complexity index is 1780. The fraction of sp³-hybridized carbons (Fsp3) is 0.568. The van der Waals surface area contributed by atoms with Gasteiger partial charge in [0.15, 0.2) is 10.8 Å². The summed E-state index contributed by atoms with van der Waals surface area (Å²) in [7, 11) is 0. The third-order valence-electron chi connectivity index (χ3n) is 10.9. The number of thiocarbonyl (C=S) groups is 1. The number of imide groups is 1. The predicted octanol–water partition coefficient (Wildman–Crippen LogP) is 3.60. The van der Waals surface area contributed by atoms with E-state index >= 15 is 0 Å². The first-order valence-electron chi connectivity index (χ1n) is 18.2. The van der Waals surface area contributed by atoms with Gasteiger partial charge in [0.05, 0.1) is 59.7 Å². The monoisotopic (exact) mass is 763 g/mol. The zero-order valence-electron chi connectivity index (χ0n) is 30.5. The highest BCUT2D eigenvalue weighted by atomic mass is 35.5. The third-order valence-corrected chi connectivity index (χ3v) is 11.5. The van der Waals surface area contributed by atoms with Crippen molar-refractivity contribution >= 4 is 63.9 Å². The van der Waals surface area contributed by atoms with Crippen molar-refractivity contribution in [3.8, 4) is 6.07 Å². The van der Waals surface area contributed by atoms with Gasteiger partial charge in [-0.15, -0.1) is 0 Å². The first-order valence-corrected chi connectivity index (χ1v) is 19.0. The van der Waals surface area contributed by atoms with Crippen LogP contribution in [0.2, 0.25) is 5.02 Å². The number of amides is 4. The normalized spacial score (nSPS) is 26.8. The Morgan fingerprint density at radius 2 is 1.81 bits per heavy atom. The highest BCUT2D eigenvalue weighted by molar-refractivity contribution is 7.80. The molecule has 3 atom stereocenters. The Morgan fingerprint density at radius 1 is 1.09 bits per heavy atom. The van der Waals surface area contributed by atoms with Gasteiger partial charge in [0, 0.05) is 44.2 Å². The maximum Gasteiger partial charge on any atom is 0.258 e. The van der Waals surface area contributed by atoms with Gasteiger partial charge in [0.2, 0.25) is 17.7 Å². The lowest BCUT2D eigenvalue weighted by Gasteiger charge is -2.44. The number of carbonyl (C=O) groups excluding carboxylic acids is 4. The molecule has 1 aliphatic carbocycles. The summed E-state index contributed by atoms with van der Waals surface area (Å²) in [6.45, 7) is 11.4. The average molecular weight is 764 g/mol. The lowest BCUT2D eigenvalue weighted by atomic mass is 9.89. The van der Waals surface area contributed by atoms with Crippen LogP contribution in [-0.4, -0.2) is 116 Å². The zero-order chi connectivity index (χ0) is 38.0. The van der Waals surface area contributed by atoms with Crippen LogP contribution >= 0.6 is 23.8 Å². The van der Waals surface area contributed by atoms with Crippen LogP contribution in [0, 0.1) is 11.3 Å². The van der Waals surface area contributed by atoms with Crippen molar-refractivity contribution in [1.29, 1.82) is 5.26 Å². The number of aromatic nitrogens is 2. The maximum absolute atomic E-state index is 13.6. The van der Waals surface area contributed by atoms with Crippen LogP contribution in [0.5, 0.6) is 0 Å². The molecular weight excluding hydrogens is 718 g/mol.